The molecule has 5 nitrogen and oxygen atoms in total. The van der Waals surface area contributed by atoms with Crippen molar-refractivity contribution in [3.63, 3.8) is 0 Å². The Labute approximate surface area is 147 Å². The highest BCUT2D eigenvalue weighted by Crippen LogP contribution is 2.17. The number of aryl methyl sites for hydroxylation is 2. The van der Waals surface area contributed by atoms with Gasteiger partial charge < -0.3 is 9.84 Å². The molecule has 1 atom stereocenters. The highest BCUT2D eigenvalue weighted by molar-refractivity contribution is 5.76. The van der Waals surface area contributed by atoms with Crippen LogP contribution in [0.15, 0.2) is 59.1 Å². The highest BCUT2D eigenvalue weighted by Gasteiger charge is 2.13. The molecule has 0 saturated carbocycles. The molecule has 1 heterocycles. The van der Waals surface area contributed by atoms with Gasteiger partial charge in [-0.3, -0.25) is 4.79 Å². The van der Waals surface area contributed by atoms with E-state index < -0.39 is 0 Å². The molecule has 0 bridgehead atoms. The number of benzene rings is 2. The van der Waals surface area contributed by atoms with Crippen molar-refractivity contribution in [1.82, 2.24) is 15.5 Å². The molecule has 128 valence electrons. The largest absolute Gasteiger partial charge is 0.350 e. The summed E-state index contributed by atoms with van der Waals surface area (Å²) >= 11 is 0. The van der Waals surface area contributed by atoms with E-state index in [-0.39, 0.29) is 11.9 Å². The Morgan fingerprint density at radius 3 is 2.72 bits per heavy atom. The molecule has 1 unspecified atom stereocenters. The van der Waals surface area contributed by atoms with Crippen LogP contribution in [0.1, 0.15) is 36.4 Å². The Kier molecular flexibility index (Phi) is 5.23. The molecule has 0 saturated heterocycles. The first-order chi connectivity index (χ1) is 12.1. The van der Waals surface area contributed by atoms with Crippen molar-refractivity contribution in [3.8, 4) is 11.4 Å². The molecule has 0 radical (unpaired) electrons. The summed E-state index contributed by atoms with van der Waals surface area (Å²) in [7, 11) is 0. The molecule has 3 rings (SSSR count). The Bertz CT molecular complexity index is 843. The lowest BCUT2D eigenvalue weighted by Crippen LogP contribution is -2.26. The Hall–Kier alpha value is -2.95. The van der Waals surface area contributed by atoms with Crippen LogP contribution in [0, 0.1) is 6.92 Å². The van der Waals surface area contributed by atoms with Gasteiger partial charge in [0.2, 0.25) is 17.6 Å². The van der Waals surface area contributed by atoms with Gasteiger partial charge in [0.1, 0.15) is 0 Å². The molecule has 5 heteroatoms. The molecular weight excluding hydrogens is 314 g/mol. The minimum atomic E-state index is -0.0355. The van der Waals surface area contributed by atoms with Crippen molar-refractivity contribution in [2.45, 2.75) is 32.7 Å². The predicted molar refractivity (Wildman–Crippen MR) is 95.8 cm³/mol. The molecule has 25 heavy (non-hydrogen) atoms. The summed E-state index contributed by atoms with van der Waals surface area (Å²) in [6, 6.07) is 17.8. The molecule has 1 N–H and O–H groups in total. The van der Waals surface area contributed by atoms with Crippen molar-refractivity contribution in [2.75, 3.05) is 0 Å². The van der Waals surface area contributed by atoms with Gasteiger partial charge in [0, 0.05) is 18.4 Å². The summed E-state index contributed by atoms with van der Waals surface area (Å²) in [5.41, 5.74) is 3.13. The van der Waals surface area contributed by atoms with Crippen LogP contribution in [-0.2, 0) is 11.2 Å². The number of aromatic nitrogens is 2. The van der Waals surface area contributed by atoms with E-state index in [1.807, 2.05) is 68.4 Å². The summed E-state index contributed by atoms with van der Waals surface area (Å²) in [6.07, 6.45) is 0.735. The fourth-order valence-corrected chi connectivity index (χ4v) is 2.62. The van der Waals surface area contributed by atoms with Crippen molar-refractivity contribution >= 4 is 5.91 Å². The number of nitrogens with one attached hydrogen (secondary N) is 1. The Balaban J connectivity index is 1.54. The quantitative estimate of drug-likeness (QED) is 0.743. The normalized spacial score (nSPS) is 11.9. The summed E-state index contributed by atoms with van der Waals surface area (Å²) in [6.45, 7) is 3.98. The third-order valence-electron chi connectivity index (χ3n) is 3.99. The molecule has 0 aliphatic heterocycles. The number of rotatable bonds is 6. The third-order valence-corrected chi connectivity index (χ3v) is 3.99. The second-order valence-corrected chi connectivity index (χ2v) is 6.08. The van der Waals surface area contributed by atoms with Gasteiger partial charge in [-0.1, -0.05) is 59.3 Å². The molecule has 0 aliphatic carbocycles. The number of amides is 1. The maximum Gasteiger partial charge on any atom is 0.227 e. The van der Waals surface area contributed by atoms with Gasteiger partial charge in [-0.05, 0) is 25.5 Å². The lowest BCUT2D eigenvalue weighted by Gasteiger charge is -2.13. The maximum absolute atomic E-state index is 12.1. The van der Waals surface area contributed by atoms with E-state index in [0.29, 0.717) is 24.6 Å². The number of hydrogen-bond acceptors (Lipinski definition) is 4. The molecule has 0 aliphatic rings. The zero-order chi connectivity index (χ0) is 17.6. The summed E-state index contributed by atoms with van der Waals surface area (Å²) < 4.78 is 5.26. The van der Waals surface area contributed by atoms with Crippen molar-refractivity contribution in [1.29, 1.82) is 0 Å². The second-order valence-electron chi connectivity index (χ2n) is 6.08. The second kappa shape index (κ2) is 7.75. The van der Waals surface area contributed by atoms with Crippen molar-refractivity contribution in [3.05, 3.63) is 71.6 Å². The molecule has 3 aromatic rings. The lowest BCUT2D eigenvalue weighted by molar-refractivity contribution is -0.121. The van der Waals surface area contributed by atoms with Crippen LogP contribution in [-0.4, -0.2) is 16.0 Å². The molecule has 0 fully saturated rings. The third kappa shape index (κ3) is 4.53. The topological polar surface area (TPSA) is 68.0 Å². The van der Waals surface area contributed by atoms with Gasteiger partial charge in [-0.25, -0.2) is 0 Å². The first-order valence-electron chi connectivity index (χ1n) is 8.36. The first-order valence-corrected chi connectivity index (χ1v) is 8.36. The van der Waals surface area contributed by atoms with Crippen LogP contribution in [0.25, 0.3) is 11.4 Å². The average Bonchev–Trinajstić information content (AvgIpc) is 3.10. The smallest absolute Gasteiger partial charge is 0.227 e. The standard InChI is InChI=1S/C20H21N3O2/c1-14-7-6-10-17(13-14)20-22-19(25-23-20)12-11-18(24)21-15(2)16-8-4-3-5-9-16/h3-10,13,15H,11-12H2,1-2H3,(H,21,24). The summed E-state index contributed by atoms with van der Waals surface area (Å²) in [4.78, 5) is 16.5. The predicted octanol–water partition coefficient (Wildman–Crippen LogP) is 3.86. The van der Waals surface area contributed by atoms with Crippen LogP contribution in [0.2, 0.25) is 0 Å². The maximum atomic E-state index is 12.1. The fraction of sp³-hybridized carbons (Fsp3) is 0.250. The van der Waals surface area contributed by atoms with E-state index in [2.05, 4.69) is 15.5 Å². The summed E-state index contributed by atoms with van der Waals surface area (Å²) in [5.74, 6) is 0.988. The number of carbonyl (C=O) groups is 1. The van der Waals surface area contributed by atoms with Gasteiger partial charge in [0.15, 0.2) is 0 Å². The number of nitrogens with zero attached hydrogens (tertiary/aromatic N) is 2. The molecule has 1 aromatic heterocycles. The van der Waals surface area contributed by atoms with Crippen molar-refractivity contribution < 1.29 is 9.32 Å². The molecule has 2 aromatic carbocycles. The minimum Gasteiger partial charge on any atom is -0.350 e. The molecule has 1 amide bonds. The van der Waals surface area contributed by atoms with E-state index >= 15 is 0 Å². The Morgan fingerprint density at radius 1 is 1.16 bits per heavy atom. The van der Waals surface area contributed by atoms with Crippen LogP contribution < -0.4 is 5.32 Å². The van der Waals surface area contributed by atoms with Gasteiger partial charge in [0.05, 0.1) is 6.04 Å². The fourth-order valence-electron chi connectivity index (χ4n) is 2.62. The van der Waals surface area contributed by atoms with Crippen LogP contribution in [0.4, 0.5) is 0 Å². The van der Waals surface area contributed by atoms with E-state index in [4.69, 9.17) is 4.52 Å². The number of hydrogen-bond donors (Lipinski definition) is 1. The summed E-state index contributed by atoms with van der Waals surface area (Å²) in [5, 5.41) is 6.98. The van der Waals surface area contributed by atoms with Crippen LogP contribution in [0.3, 0.4) is 0 Å². The average molecular weight is 335 g/mol. The Morgan fingerprint density at radius 2 is 1.96 bits per heavy atom. The van der Waals surface area contributed by atoms with E-state index in [1.165, 1.54) is 0 Å². The SMILES string of the molecule is Cc1cccc(-c2noc(CCC(=O)NC(C)c3ccccc3)n2)c1. The molecular formula is C20H21N3O2. The minimum absolute atomic E-state index is 0.0285. The van der Waals surface area contributed by atoms with E-state index in [9.17, 15) is 4.79 Å². The zero-order valence-electron chi connectivity index (χ0n) is 14.4. The van der Waals surface area contributed by atoms with Crippen molar-refractivity contribution in [2.24, 2.45) is 0 Å². The number of carbonyl (C=O) groups excluding carboxylic acids is 1. The lowest BCUT2D eigenvalue weighted by atomic mass is 10.1. The van der Waals surface area contributed by atoms with Gasteiger partial charge in [0.25, 0.3) is 0 Å². The first kappa shape index (κ1) is 16.9. The van der Waals surface area contributed by atoms with E-state index in [1.54, 1.807) is 0 Å². The van der Waals surface area contributed by atoms with E-state index in [0.717, 1.165) is 16.7 Å². The zero-order valence-corrected chi connectivity index (χ0v) is 14.4. The monoisotopic (exact) mass is 335 g/mol. The van der Waals surface area contributed by atoms with Crippen LogP contribution >= 0.6 is 0 Å². The van der Waals surface area contributed by atoms with Gasteiger partial charge in [-0.15, -0.1) is 0 Å². The van der Waals surface area contributed by atoms with Gasteiger partial charge in [-0.2, -0.15) is 4.98 Å². The highest BCUT2D eigenvalue weighted by atomic mass is 16.5. The molecule has 0 spiro atoms. The van der Waals surface area contributed by atoms with Gasteiger partial charge >= 0.3 is 0 Å². The van der Waals surface area contributed by atoms with Crippen LogP contribution in [0.5, 0.6) is 0 Å².